The molecule has 2 rings (SSSR count). The number of rotatable bonds is 6. The van der Waals surface area contributed by atoms with Crippen molar-refractivity contribution in [2.45, 2.75) is 13.8 Å². The normalized spacial score (nSPS) is 10.6. The molecule has 0 saturated carbocycles. The number of ether oxygens (including phenoxy) is 1. The van der Waals surface area contributed by atoms with E-state index in [-0.39, 0.29) is 18.1 Å². The SMILES string of the molecule is CCOC(=O)c1ccc(NC(=O)/C(C#N)=C\N(C(C)=O)c2ccc(N)cc2)cc1. The maximum absolute atomic E-state index is 12.5. The largest absolute Gasteiger partial charge is 0.462 e. The summed E-state index contributed by atoms with van der Waals surface area (Å²) in [6.45, 7) is 3.28. The third-order valence-corrected chi connectivity index (χ3v) is 3.79. The van der Waals surface area contributed by atoms with Gasteiger partial charge in [-0.1, -0.05) is 0 Å². The van der Waals surface area contributed by atoms with Gasteiger partial charge in [0.2, 0.25) is 5.91 Å². The molecule has 2 amide bonds. The molecule has 0 saturated heterocycles. The van der Waals surface area contributed by atoms with Crippen LogP contribution in [-0.2, 0) is 14.3 Å². The molecule has 148 valence electrons. The topological polar surface area (TPSA) is 126 Å². The van der Waals surface area contributed by atoms with E-state index in [2.05, 4.69) is 5.32 Å². The van der Waals surface area contributed by atoms with Gasteiger partial charge >= 0.3 is 5.97 Å². The number of carbonyl (C=O) groups excluding carboxylic acids is 3. The quantitative estimate of drug-likeness (QED) is 0.337. The molecule has 0 unspecified atom stereocenters. The molecule has 0 fully saturated rings. The smallest absolute Gasteiger partial charge is 0.338 e. The fourth-order valence-corrected chi connectivity index (χ4v) is 2.35. The van der Waals surface area contributed by atoms with Crippen molar-refractivity contribution in [1.29, 1.82) is 5.26 Å². The first-order valence-electron chi connectivity index (χ1n) is 8.71. The Hall–Kier alpha value is -4.12. The number of anilines is 3. The standard InChI is InChI=1S/C21H20N4O4/c1-3-29-21(28)15-4-8-18(9-5-15)24-20(27)16(12-22)13-25(14(2)26)19-10-6-17(23)7-11-19/h4-11,13H,3,23H2,1-2H3,(H,24,27)/b16-13-. The molecule has 0 bridgehead atoms. The molecule has 8 heteroatoms. The highest BCUT2D eigenvalue weighted by Crippen LogP contribution is 2.19. The second kappa shape index (κ2) is 9.71. The number of esters is 1. The zero-order valence-corrected chi connectivity index (χ0v) is 16.0. The monoisotopic (exact) mass is 392 g/mol. The van der Waals surface area contributed by atoms with Crippen LogP contribution in [0.2, 0.25) is 0 Å². The van der Waals surface area contributed by atoms with Gasteiger partial charge in [0.25, 0.3) is 5.91 Å². The van der Waals surface area contributed by atoms with Crippen LogP contribution in [0.5, 0.6) is 0 Å². The van der Waals surface area contributed by atoms with Crippen LogP contribution >= 0.6 is 0 Å². The summed E-state index contributed by atoms with van der Waals surface area (Å²) in [7, 11) is 0. The Labute approximate surface area is 168 Å². The van der Waals surface area contributed by atoms with E-state index in [1.165, 1.54) is 36.1 Å². The molecular formula is C21H20N4O4. The predicted octanol–water partition coefficient (Wildman–Crippen LogP) is 2.84. The summed E-state index contributed by atoms with van der Waals surface area (Å²) < 4.78 is 4.90. The molecule has 3 N–H and O–H groups in total. The van der Waals surface area contributed by atoms with Gasteiger partial charge in [0.1, 0.15) is 11.6 Å². The van der Waals surface area contributed by atoms with Crippen molar-refractivity contribution in [3.8, 4) is 6.07 Å². The Morgan fingerprint density at radius 1 is 1.14 bits per heavy atom. The molecule has 2 aromatic rings. The minimum atomic E-state index is -0.696. The zero-order valence-electron chi connectivity index (χ0n) is 16.0. The van der Waals surface area contributed by atoms with Crippen molar-refractivity contribution in [1.82, 2.24) is 0 Å². The van der Waals surface area contributed by atoms with Crippen molar-refractivity contribution in [3.63, 3.8) is 0 Å². The van der Waals surface area contributed by atoms with Crippen LogP contribution in [0.25, 0.3) is 0 Å². The Balaban J connectivity index is 2.20. The van der Waals surface area contributed by atoms with Gasteiger partial charge in [0.05, 0.1) is 12.2 Å². The molecule has 0 spiro atoms. The van der Waals surface area contributed by atoms with E-state index in [1.807, 2.05) is 0 Å². The summed E-state index contributed by atoms with van der Waals surface area (Å²) in [6, 6.07) is 14.2. The van der Waals surface area contributed by atoms with Crippen molar-refractivity contribution < 1.29 is 19.1 Å². The lowest BCUT2D eigenvalue weighted by Gasteiger charge is -2.17. The highest BCUT2D eigenvalue weighted by atomic mass is 16.5. The Kier molecular flexibility index (Phi) is 7.09. The van der Waals surface area contributed by atoms with E-state index in [0.29, 0.717) is 22.6 Å². The summed E-state index contributed by atoms with van der Waals surface area (Å²) in [5.74, 6) is -1.55. The maximum Gasteiger partial charge on any atom is 0.338 e. The lowest BCUT2D eigenvalue weighted by atomic mass is 10.2. The number of nitrogens with zero attached hydrogens (tertiary/aromatic N) is 2. The van der Waals surface area contributed by atoms with Gasteiger partial charge in [-0.15, -0.1) is 0 Å². The van der Waals surface area contributed by atoms with Crippen LogP contribution in [-0.4, -0.2) is 24.4 Å². The molecule has 0 aromatic heterocycles. The Morgan fingerprint density at radius 2 is 1.76 bits per heavy atom. The van der Waals surface area contributed by atoms with Gasteiger partial charge in [-0.05, 0) is 55.5 Å². The average Bonchev–Trinajstić information content (AvgIpc) is 2.70. The molecule has 0 radical (unpaired) electrons. The van der Waals surface area contributed by atoms with Crippen LogP contribution in [0.4, 0.5) is 17.1 Å². The van der Waals surface area contributed by atoms with Crippen molar-refractivity contribution in [2.75, 3.05) is 22.6 Å². The molecule has 0 aliphatic rings. The number of hydrogen-bond donors (Lipinski definition) is 2. The fourth-order valence-electron chi connectivity index (χ4n) is 2.35. The van der Waals surface area contributed by atoms with Gasteiger partial charge in [-0.3, -0.25) is 14.5 Å². The van der Waals surface area contributed by atoms with Gasteiger partial charge in [-0.25, -0.2) is 4.79 Å². The first kappa shape index (κ1) is 21.2. The second-order valence-electron chi connectivity index (χ2n) is 5.89. The number of nitrogen functional groups attached to an aromatic ring is 1. The number of nitrogens with two attached hydrogens (primary N) is 1. The van der Waals surface area contributed by atoms with E-state index in [4.69, 9.17) is 10.5 Å². The van der Waals surface area contributed by atoms with E-state index in [1.54, 1.807) is 37.3 Å². The first-order valence-corrected chi connectivity index (χ1v) is 8.71. The van der Waals surface area contributed by atoms with Crippen LogP contribution in [0.1, 0.15) is 24.2 Å². The summed E-state index contributed by atoms with van der Waals surface area (Å²) in [5.41, 5.74) is 7.08. The van der Waals surface area contributed by atoms with Crippen LogP contribution in [0.15, 0.2) is 60.3 Å². The molecular weight excluding hydrogens is 372 g/mol. The fraction of sp³-hybridized carbons (Fsp3) is 0.143. The first-order chi connectivity index (χ1) is 13.8. The van der Waals surface area contributed by atoms with Gasteiger partial charge in [0.15, 0.2) is 0 Å². The number of nitriles is 1. The lowest BCUT2D eigenvalue weighted by Crippen LogP contribution is -2.25. The van der Waals surface area contributed by atoms with Crippen molar-refractivity contribution >= 4 is 34.8 Å². The molecule has 2 aromatic carbocycles. The molecule has 8 nitrogen and oxygen atoms in total. The summed E-state index contributed by atoms with van der Waals surface area (Å²) in [6.07, 6.45) is 1.16. The highest BCUT2D eigenvalue weighted by molar-refractivity contribution is 6.08. The van der Waals surface area contributed by atoms with E-state index in [0.717, 1.165) is 6.20 Å². The van der Waals surface area contributed by atoms with Crippen LogP contribution in [0, 0.1) is 11.3 Å². The Morgan fingerprint density at radius 3 is 2.28 bits per heavy atom. The summed E-state index contributed by atoms with van der Waals surface area (Å²) in [4.78, 5) is 37.3. The highest BCUT2D eigenvalue weighted by Gasteiger charge is 2.16. The number of benzene rings is 2. The third kappa shape index (κ3) is 5.68. The van der Waals surface area contributed by atoms with Crippen molar-refractivity contribution in [2.24, 2.45) is 0 Å². The number of amides is 2. The van der Waals surface area contributed by atoms with E-state index >= 15 is 0 Å². The van der Waals surface area contributed by atoms with Crippen molar-refractivity contribution in [3.05, 3.63) is 65.9 Å². The van der Waals surface area contributed by atoms with Gasteiger partial charge < -0.3 is 15.8 Å². The van der Waals surface area contributed by atoms with E-state index < -0.39 is 11.9 Å². The molecule has 0 aliphatic carbocycles. The van der Waals surface area contributed by atoms with Gasteiger partial charge in [-0.2, -0.15) is 5.26 Å². The minimum Gasteiger partial charge on any atom is -0.462 e. The van der Waals surface area contributed by atoms with Crippen LogP contribution < -0.4 is 16.0 Å². The second-order valence-corrected chi connectivity index (χ2v) is 5.89. The third-order valence-electron chi connectivity index (χ3n) is 3.79. The predicted molar refractivity (Wildman–Crippen MR) is 109 cm³/mol. The number of nitrogens with one attached hydrogen (secondary N) is 1. The maximum atomic E-state index is 12.5. The van der Waals surface area contributed by atoms with E-state index in [9.17, 15) is 19.6 Å². The lowest BCUT2D eigenvalue weighted by molar-refractivity contribution is -0.116. The average molecular weight is 392 g/mol. The molecule has 0 heterocycles. The summed E-state index contributed by atoms with van der Waals surface area (Å²) in [5, 5.41) is 11.9. The van der Waals surface area contributed by atoms with Gasteiger partial charge in [0, 0.05) is 30.2 Å². The Bertz CT molecular complexity index is 973. The zero-order chi connectivity index (χ0) is 21.4. The summed E-state index contributed by atoms with van der Waals surface area (Å²) >= 11 is 0. The minimum absolute atomic E-state index is 0.258. The van der Waals surface area contributed by atoms with Crippen LogP contribution in [0.3, 0.4) is 0 Å². The molecule has 29 heavy (non-hydrogen) atoms. The number of carbonyl (C=O) groups is 3. The number of hydrogen-bond acceptors (Lipinski definition) is 6. The molecule has 0 atom stereocenters. The molecule has 0 aliphatic heterocycles.